The van der Waals surface area contributed by atoms with Gasteiger partial charge in [-0.05, 0) is 75.3 Å². The van der Waals surface area contributed by atoms with Gasteiger partial charge in [-0.2, -0.15) is 0 Å². The van der Waals surface area contributed by atoms with Crippen molar-refractivity contribution in [3.8, 4) is 0 Å². The van der Waals surface area contributed by atoms with Crippen LogP contribution in [0.2, 0.25) is 0 Å². The van der Waals surface area contributed by atoms with E-state index in [1.807, 2.05) is 13.0 Å². The predicted molar refractivity (Wildman–Crippen MR) is 109 cm³/mol. The summed E-state index contributed by atoms with van der Waals surface area (Å²) >= 11 is 0. The second kappa shape index (κ2) is 7.45. The highest BCUT2D eigenvalue weighted by atomic mass is 16.7. The Balaban J connectivity index is 2.03. The Hall–Kier alpha value is -1.57. The zero-order valence-electron chi connectivity index (χ0n) is 17.3. The largest absolute Gasteiger partial charge is 0.495 e. The van der Waals surface area contributed by atoms with Crippen LogP contribution in [0.25, 0.3) is 10.4 Å². The minimum Gasteiger partial charge on any atom is -0.399 e. The van der Waals surface area contributed by atoms with Gasteiger partial charge in [0.15, 0.2) is 0 Å². The molecule has 1 N–H and O–H groups in total. The summed E-state index contributed by atoms with van der Waals surface area (Å²) in [6.45, 7) is 17.1. The Labute approximate surface area is 162 Å². The van der Waals surface area contributed by atoms with Crippen LogP contribution in [0.5, 0.6) is 0 Å². The molecule has 0 amide bonds. The number of nitrogens with zero attached hydrogens (tertiary/aromatic N) is 4. The Bertz CT molecular complexity index is 752. The van der Waals surface area contributed by atoms with Gasteiger partial charge in [0.2, 0.25) is 0 Å². The molecule has 1 aromatic carbocycles. The molecule has 27 heavy (non-hydrogen) atoms. The van der Waals surface area contributed by atoms with Gasteiger partial charge >= 0.3 is 7.12 Å². The van der Waals surface area contributed by atoms with Crippen LogP contribution in [0.15, 0.2) is 11.2 Å². The maximum atomic E-state index is 9.03. The van der Waals surface area contributed by atoms with Crippen LogP contribution < -0.4 is 10.8 Å². The number of azide groups is 1. The first-order valence-corrected chi connectivity index (χ1v) is 9.63. The fraction of sp³-hybridized carbons (Fsp3) is 0.684. The van der Waals surface area contributed by atoms with E-state index in [0.717, 1.165) is 54.9 Å². The Morgan fingerprint density at radius 2 is 1.74 bits per heavy atom. The Morgan fingerprint density at radius 3 is 2.30 bits per heavy atom. The zero-order chi connectivity index (χ0) is 19.8. The Kier molecular flexibility index (Phi) is 5.57. The molecule has 2 heterocycles. The lowest BCUT2D eigenvalue weighted by atomic mass is 9.71. The third kappa shape index (κ3) is 3.86. The lowest BCUT2D eigenvalue weighted by molar-refractivity contribution is 0.00578. The van der Waals surface area contributed by atoms with E-state index in [9.17, 15) is 0 Å². The van der Waals surface area contributed by atoms with E-state index in [0.29, 0.717) is 5.69 Å². The SMILES string of the molecule is Cc1c(CN2CCNCC2)cc(N=[N+]=[N-])c(C)c1B1OC(C)(C)C(C)(C)O1. The topological polar surface area (TPSA) is 82.5 Å². The van der Waals surface area contributed by atoms with Gasteiger partial charge in [0.25, 0.3) is 0 Å². The molecule has 2 fully saturated rings. The van der Waals surface area contributed by atoms with Gasteiger partial charge in [0.05, 0.1) is 11.2 Å². The van der Waals surface area contributed by atoms with E-state index >= 15 is 0 Å². The molecule has 7 nitrogen and oxygen atoms in total. The normalized spacial score (nSPS) is 21.9. The minimum atomic E-state index is -0.467. The van der Waals surface area contributed by atoms with Crippen LogP contribution in [-0.4, -0.2) is 49.4 Å². The van der Waals surface area contributed by atoms with Gasteiger partial charge in [0, 0.05) is 43.3 Å². The molecule has 0 spiro atoms. The summed E-state index contributed by atoms with van der Waals surface area (Å²) in [6, 6.07) is 2.02. The molecule has 0 atom stereocenters. The quantitative estimate of drug-likeness (QED) is 0.382. The van der Waals surface area contributed by atoms with Crippen molar-refractivity contribution < 1.29 is 9.31 Å². The highest BCUT2D eigenvalue weighted by molar-refractivity contribution is 6.63. The highest BCUT2D eigenvalue weighted by Gasteiger charge is 2.52. The lowest BCUT2D eigenvalue weighted by Crippen LogP contribution is -2.43. The van der Waals surface area contributed by atoms with Crippen LogP contribution in [0.4, 0.5) is 5.69 Å². The molecular weight excluding hydrogens is 341 g/mol. The maximum Gasteiger partial charge on any atom is 0.495 e. The summed E-state index contributed by atoms with van der Waals surface area (Å²) in [5.74, 6) is 0. The third-order valence-corrected chi connectivity index (χ3v) is 6.23. The highest BCUT2D eigenvalue weighted by Crippen LogP contribution is 2.38. The molecule has 3 rings (SSSR count). The van der Waals surface area contributed by atoms with Crippen LogP contribution >= 0.6 is 0 Å². The van der Waals surface area contributed by atoms with Crippen molar-refractivity contribution >= 4 is 18.3 Å². The molecule has 0 saturated carbocycles. The average molecular weight is 371 g/mol. The van der Waals surface area contributed by atoms with Gasteiger partial charge in [-0.3, -0.25) is 4.90 Å². The number of benzene rings is 1. The van der Waals surface area contributed by atoms with E-state index in [4.69, 9.17) is 14.8 Å². The molecule has 8 heteroatoms. The van der Waals surface area contributed by atoms with Crippen molar-refractivity contribution in [2.45, 2.75) is 59.3 Å². The van der Waals surface area contributed by atoms with Crippen molar-refractivity contribution in [3.63, 3.8) is 0 Å². The number of piperazine rings is 1. The first-order chi connectivity index (χ1) is 12.7. The molecule has 1 aromatic rings. The molecule has 0 aromatic heterocycles. The first kappa shape index (κ1) is 20.2. The van der Waals surface area contributed by atoms with Crippen LogP contribution in [0.1, 0.15) is 44.4 Å². The second-order valence-electron chi connectivity index (χ2n) is 8.52. The van der Waals surface area contributed by atoms with Gasteiger partial charge in [-0.15, -0.1) is 0 Å². The average Bonchev–Trinajstić information content (AvgIpc) is 2.81. The van der Waals surface area contributed by atoms with E-state index in [2.05, 4.69) is 54.9 Å². The molecule has 2 saturated heterocycles. The summed E-state index contributed by atoms with van der Waals surface area (Å²) in [4.78, 5) is 5.45. The predicted octanol–water partition coefficient (Wildman–Crippen LogP) is 2.95. The summed E-state index contributed by atoms with van der Waals surface area (Å²) in [5, 5.41) is 7.33. The molecule has 0 radical (unpaired) electrons. The van der Waals surface area contributed by atoms with Crippen LogP contribution in [0.3, 0.4) is 0 Å². The Morgan fingerprint density at radius 1 is 1.15 bits per heavy atom. The monoisotopic (exact) mass is 371 g/mol. The van der Waals surface area contributed by atoms with Crippen molar-refractivity contribution in [2.75, 3.05) is 26.2 Å². The van der Waals surface area contributed by atoms with E-state index in [1.54, 1.807) is 0 Å². The van der Waals surface area contributed by atoms with Gasteiger partial charge in [-0.25, -0.2) is 0 Å². The van der Waals surface area contributed by atoms with Crippen molar-refractivity contribution in [3.05, 3.63) is 33.2 Å². The zero-order valence-corrected chi connectivity index (χ0v) is 17.3. The van der Waals surface area contributed by atoms with E-state index in [1.165, 1.54) is 0 Å². The molecule has 0 aliphatic carbocycles. The molecule has 2 aliphatic heterocycles. The molecular formula is C19H30BN5O2. The van der Waals surface area contributed by atoms with Gasteiger partial charge in [0.1, 0.15) is 0 Å². The van der Waals surface area contributed by atoms with Crippen molar-refractivity contribution in [2.24, 2.45) is 5.11 Å². The van der Waals surface area contributed by atoms with E-state index < -0.39 is 18.3 Å². The summed E-state index contributed by atoms with van der Waals surface area (Å²) < 4.78 is 12.6. The first-order valence-electron chi connectivity index (χ1n) is 9.63. The number of rotatable bonds is 4. The van der Waals surface area contributed by atoms with Gasteiger partial charge in [-0.1, -0.05) is 5.11 Å². The number of nitrogens with one attached hydrogen (secondary N) is 1. The summed E-state index contributed by atoms with van der Waals surface area (Å²) in [6.07, 6.45) is 0. The fourth-order valence-electron chi connectivity index (χ4n) is 3.71. The minimum absolute atomic E-state index is 0.413. The van der Waals surface area contributed by atoms with Crippen molar-refractivity contribution in [1.82, 2.24) is 10.2 Å². The maximum absolute atomic E-state index is 9.03. The van der Waals surface area contributed by atoms with Crippen molar-refractivity contribution in [1.29, 1.82) is 0 Å². The molecule has 2 aliphatic rings. The smallest absolute Gasteiger partial charge is 0.399 e. The standard InChI is InChI=1S/C19H30BN5O2/c1-13-15(12-25-9-7-22-8-10-25)11-16(23-24-21)14(2)17(13)20-26-18(3,4)19(5,6)27-20/h11,22H,7-10,12H2,1-6H3. The van der Waals surface area contributed by atoms with Gasteiger partial charge < -0.3 is 14.6 Å². The van der Waals surface area contributed by atoms with Crippen LogP contribution in [0, 0.1) is 13.8 Å². The van der Waals surface area contributed by atoms with E-state index in [-0.39, 0.29) is 0 Å². The fourth-order valence-corrected chi connectivity index (χ4v) is 3.71. The molecule has 146 valence electrons. The number of hydrogen-bond donors (Lipinski definition) is 1. The summed E-state index contributed by atoms with van der Waals surface area (Å²) in [7, 11) is -0.467. The summed E-state index contributed by atoms with van der Waals surface area (Å²) in [5.41, 5.74) is 13.1. The second-order valence-corrected chi connectivity index (χ2v) is 8.52. The molecule has 0 bridgehead atoms. The van der Waals surface area contributed by atoms with Crippen LogP contribution in [-0.2, 0) is 15.9 Å². The lowest BCUT2D eigenvalue weighted by Gasteiger charge is -2.32. The third-order valence-electron chi connectivity index (χ3n) is 6.23. The molecule has 0 unspecified atom stereocenters. The number of hydrogen-bond acceptors (Lipinski definition) is 5.